The highest BCUT2D eigenvalue weighted by Gasteiger charge is 2.16. The summed E-state index contributed by atoms with van der Waals surface area (Å²) >= 11 is 0. The lowest BCUT2D eigenvalue weighted by Crippen LogP contribution is -2.17. The molecule has 6 nitrogen and oxygen atoms in total. The molecular weight excluding hydrogens is 342 g/mol. The molecule has 132 valence electrons. The Morgan fingerprint density at radius 2 is 1.68 bits per heavy atom. The van der Waals surface area contributed by atoms with Crippen molar-refractivity contribution < 1.29 is 22.7 Å². The third kappa shape index (κ3) is 5.42. The monoisotopic (exact) mass is 361 g/mol. The topological polar surface area (TPSA) is 89.5 Å². The number of hydrogen-bond acceptors (Lipinski definition) is 5. The van der Waals surface area contributed by atoms with Gasteiger partial charge < -0.3 is 4.74 Å². The van der Waals surface area contributed by atoms with Gasteiger partial charge in [-0.1, -0.05) is 43.3 Å². The minimum Gasteiger partial charge on any atom is -0.454 e. The molecule has 2 rings (SSSR count). The highest BCUT2D eigenvalue weighted by atomic mass is 32.2. The molecule has 25 heavy (non-hydrogen) atoms. The van der Waals surface area contributed by atoms with Crippen LogP contribution in [0.2, 0.25) is 0 Å². The molecular formula is C18H19NO5S. The van der Waals surface area contributed by atoms with Crippen molar-refractivity contribution in [3.8, 4) is 0 Å². The van der Waals surface area contributed by atoms with Crippen molar-refractivity contribution >= 4 is 27.5 Å². The lowest BCUT2D eigenvalue weighted by atomic mass is 10.1. The van der Waals surface area contributed by atoms with Crippen molar-refractivity contribution in [2.24, 2.45) is 0 Å². The first kappa shape index (κ1) is 18.7. The normalized spacial score (nSPS) is 11.0. The van der Waals surface area contributed by atoms with Crippen LogP contribution in [0.5, 0.6) is 0 Å². The van der Waals surface area contributed by atoms with Gasteiger partial charge in [0.05, 0.1) is 17.5 Å². The summed E-state index contributed by atoms with van der Waals surface area (Å²) in [6.45, 7) is 1.60. The van der Waals surface area contributed by atoms with Crippen molar-refractivity contribution in [1.82, 2.24) is 0 Å². The van der Waals surface area contributed by atoms with Gasteiger partial charge in [-0.2, -0.15) is 0 Å². The van der Waals surface area contributed by atoms with E-state index in [2.05, 4.69) is 4.72 Å². The predicted octanol–water partition coefficient (Wildman–Crippen LogP) is 2.66. The Morgan fingerprint density at radius 3 is 2.28 bits per heavy atom. The van der Waals surface area contributed by atoms with Crippen LogP contribution in [0.3, 0.4) is 0 Å². The van der Waals surface area contributed by atoms with Gasteiger partial charge in [0.25, 0.3) is 0 Å². The average molecular weight is 361 g/mol. The summed E-state index contributed by atoms with van der Waals surface area (Å²) < 4.78 is 30.0. The van der Waals surface area contributed by atoms with Crippen LogP contribution in [-0.4, -0.2) is 33.0 Å². The summed E-state index contributed by atoms with van der Waals surface area (Å²) in [4.78, 5) is 24.3. The quantitative estimate of drug-likeness (QED) is 0.605. The summed E-state index contributed by atoms with van der Waals surface area (Å²) in [6.07, 6.45) is 1.85. The molecule has 0 spiro atoms. The third-order valence-electron chi connectivity index (χ3n) is 3.46. The molecule has 0 aliphatic carbocycles. The first-order chi connectivity index (χ1) is 11.8. The molecule has 0 radical (unpaired) electrons. The van der Waals surface area contributed by atoms with Gasteiger partial charge in [0, 0.05) is 5.56 Å². The Labute approximate surface area is 146 Å². The summed E-state index contributed by atoms with van der Waals surface area (Å²) in [6, 6.07) is 13.1. The second-order valence-electron chi connectivity index (χ2n) is 5.47. The predicted molar refractivity (Wildman–Crippen MR) is 95.3 cm³/mol. The lowest BCUT2D eigenvalue weighted by Gasteiger charge is -2.10. The summed E-state index contributed by atoms with van der Waals surface area (Å²) in [5, 5.41) is 0. The van der Waals surface area contributed by atoms with E-state index in [1.54, 1.807) is 24.3 Å². The van der Waals surface area contributed by atoms with Crippen LogP contribution in [0.15, 0.2) is 48.5 Å². The van der Waals surface area contributed by atoms with E-state index in [-0.39, 0.29) is 17.0 Å². The third-order valence-corrected chi connectivity index (χ3v) is 4.05. The minimum absolute atomic E-state index is 0.0436. The van der Waals surface area contributed by atoms with Gasteiger partial charge in [0.1, 0.15) is 0 Å². The van der Waals surface area contributed by atoms with Crippen molar-refractivity contribution in [2.75, 3.05) is 17.6 Å². The zero-order valence-electron chi connectivity index (χ0n) is 14.0. The van der Waals surface area contributed by atoms with Gasteiger partial charge in [-0.3, -0.25) is 9.52 Å². The summed E-state index contributed by atoms with van der Waals surface area (Å²) in [5.41, 5.74) is 1.71. The first-order valence-corrected chi connectivity index (χ1v) is 9.55. The number of Topliss-reactive ketones (excluding diaryl/α,β-unsaturated/α-hetero) is 1. The van der Waals surface area contributed by atoms with Gasteiger partial charge in [0.2, 0.25) is 10.0 Å². The van der Waals surface area contributed by atoms with E-state index < -0.39 is 22.6 Å². The minimum atomic E-state index is -3.54. The maximum Gasteiger partial charge on any atom is 0.340 e. The molecule has 0 fully saturated rings. The van der Waals surface area contributed by atoms with E-state index in [9.17, 15) is 18.0 Å². The van der Waals surface area contributed by atoms with Crippen molar-refractivity contribution in [3.05, 3.63) is 65.2 Å². The zero-order valence-corrected chi connectivity index (χ0v) is 14.8. The highest BCUT2D eigenvalue weighted by Crippen LogP contribution is 2.17. The van der Waals surface area contributed by atoms with Crippen molar-refractivity contribution in [1.29, 1.82) is 0 Å². The molecule has 0 amide bonds. The highest BCUT2D eigenvalue weighted by molar-refractivity contribution is 7.92. The van der Waals surface area contributed by atoms with E-state index in [0.29, 0.717) is 5.56 Å². The smallest absolute Gasteiger partial charge is 0.340 e. The van der Waals surface area contributed by atoms with Gasteiger partial charge in [0.15, 0.2) is 12.4 Å². The number of para-hydroxylation sites is 1. The second kappa shape index (κ2) is 7.94. The maximum atomic E-state index is 12.2. The number of benzene rings is 2. The standard InChI is InChI=1S/C18H19NO5S/c1-3-13-8-10-14(11-9-13)17(20)12-24-18(21)15-6-4-5-7-16(15)19-25(2,22)23/h4-11,19H,3,12H2,1-2H3. The molecule has 2 aromatic rings. The number of aryl methyl sites for hydroxylation is 1. The Hall–Kier alpha value is -2.67. The Morgan fingerprint density at radius 1 is 1.04 bits per heavy atom. The summed E-state index contributed by atoms with van der Waals surface area (Å²) in [7, 11) is -3.54. The first-order valence-electron chi connectivity index (χ1n) is 7.66. The maximum absolute atomic E-state index is 12.2. The number of rotatable bonds is 7. The Bertz CT molecular complexity index is 873. The number of hydrogen-bond donors (Lipinski definition) is 1. The van der Waals surface area contributed by atoms with Gasteiger partial charge in [-0.15, -0.1) is 0 Å². The number of ketones is 1. The Kier molecular flexibility index (Phi) is 5.93. The van der Waals surface area contributed by atoms with Crippen LogP contribution in [0.25, 0.3) is 0 Å². The fourth-order valence-corrected chi connectivity index (χ4v) is 2.75. The molecule has 0 aromatic heterocycles. The van der Waals surface area contributed by atoms with Gasteiger partial charge in [-0.25, -0.2) is 13.2 Å². The van der Waals surface area contributed by atoms with Crippen LogP contribution >= 0.6 is 0 Å². The van der Waals surface area contributed by atoms with Crippen LogP contribution in [0.4, 0.5) is 5.69 Å². The summed E-state index contributed by atoms with van der Waals surface area (Å²) in [5.74, 6) is -1.10. The fraction of sp³-hybridized carbons (Fsp3) is 0.222. The SMILES string of the molecule is CCc1ccc(C(=O)COC(=O)c2ccccc2NS(C)(=O)=O)cc1. The molecule has 0 aliphatic heterocycles. The molecule has 0 bridgehead atoms. The fourth-order valence-electron chi connectivity index (χ4n) is 2.17. The van der Waals surface area contributed by atoms with Crippen molar-refractivity contribution in [3.63, 3.8) is 0 Å². The molecule has 7 heteroatoms. The second-order valence-corrected chi connectivity index (χ2v) is 7.22. The number of sulfonamides is 1. The molecule has 0 unspecified atom stereocenters. The average Bonchev–Trinajstić information content (AvgIpc) is 2.58. The van der Waals surface area contributed by atoms with E-state index in [1.165, 1.54) is 12.1 Å². The number of carbonyl (C=O) groups excluding carboxylic acids is 2. The van der Waals surface area contributed by atoms with Crippen LogP contribution in [-0.2, 0) is 21.2 Å². The van der Waals surface area contributed by atoms with E-state index >= 15 is 0 Å². The van der Waals surface area contributed by atoms with E-state index in [4.69, 9.17) is 4.74 Å². The number of anilines is 1. The van der Waals surface area contributed by atoms with E-state index in [1.807, 2.05) is 19.1 Å². The molecule has 0 heterocycles. The van der Waals surface area contributed by atoms with Crippen LogP contribution < -0.4 is 4.72 Å². The molecule has 0 aliphatic rings. The van der Waals surface area contributed by atoms with Crippen LogP contribution in [0, 0.1) is 0 Å². The molecule has 0 saturated carbocycles. The molecule has 1 N–H and O–H groups in total. The number of esters is 1. The van der Waals surface area contributed by atoms with E-state index in [0.717, 1.165) is 18.2 Å². The zero-order chi connectivity index (χ0) is 18.4. The number of ether oxygens (including phenoxy) is 1. The van der Waals surface area contributed by atoms with Crippen molar-refractivity contribution in [2.45, 2.75) is 13.3 Å². The van der Waals surface area contributed by atoms with Gasteiger partial charge in [-0.05, 0) is 24.1 Å². The van der Waals surface area contributed by atoms with Crippen LogP contribution in [0.1, 0.15) is 33.2 Å². The molecule has 0 saturated heterocycles. The molecule has 2 aromatic carbocycles. The number of nitrogens with one attached hydrogen (secondary N) is 1. The lowest BCUT2D eigenvalue weighted by molar-refractivity contribution is 0.0476. The largest absolute Gasteiger partial charge is 0.454 e. The van der Waals surface area contributed by atoms with Gasteiger partial charge >= 0.3 is 5.97 Å². The Balaban J connectivity index is 2.06. The number of carbonyl (C=O) groups is 2. The molecule has 0 atom stereocenters.